The predicted molar refractivity (Wildman–Crippen MR) is 67.2 cm³/mol. The maximum atomic E-state index is 11.7. The number of hydrogen-bond acceptors (Lipinski definition) is 4. The summed E-state index contributed by atoms with van der Waals surface area (Å²) in [4.78, 5) is 24.0. The lowest BCUT2D eigenvalue weighted by atomic mass is 10.2. The van der Waals surface area contributed by atoms with Crippen molar-refractivity contribution in [2.24, 2.45) is 0 Å². The number of aldehydes is 1. The number of carbonyl (C=O) groups excluding carboxylic acids is 2. The monoisotopic (exact) mass is 251 g/mol. The van der Waals surface area contributed by atoms with Crippen molar-refractivity contribution in [3.05, 3.63) is 23.8 Å². The number of ether oxygens (including phenoxy) is 2. The molecule has 1 aromatic carbocycles. The van der Waals surface area contributed by atoms with Gasteiger partial charge in [0.05, 0.1) is 12.7 Å². The third kappa shape index (κ3) is 3.23. The topological polar surface area (TPSA) is 55.8 Å². The van der Waals surface area contributed by atoms with Crippen molar-refractivity contribution >= 4 is 12.2 Å². The summed E-state index contributed by atoms with van der Waals surface area (Å²) < 4.78 is 10.6. The third-order valence-corrected chi connectivity index (χ3v) is 2.44. The molecule has 0 fully saturated rings. The van der Waals surface area contributed by atoms with Gasteiger partial charge in [0, 0.05) is 20.2 Å². The van der Waals surface area contributed by atoms with E-state index in [2.05, 4.69) is 0 Å². The van der Waals surface area contributed by atoms with Crippen LogP contribution in [0.4, 0.5) is 0 Å². The molecule has 0 bridgehead atoms. The second kappa shape index (κ2) is 6.05. The molecule has 5 heteroatoms. The molecule has 0 heterocycles. The van der Waals surface area contributed by atoms with Crippen LogP contribution in [0, 0.1) is 0 Å². The van der Waals surface area contributed by atoms with E-state index < -0.39 is 6.10 Å². The SMILES string of the molecule is COc1ccc(C=O)c(OC(C)C(=O)N(C)C)c1. The number of amides is 1. The molecule has 0 spiro atoms. The first kappa shape index (κ1) is 14.0. The molecule has 1 rings (SSSR count). The van der Waals surface area contributed by atoms with E-state index in [0.717, 1.165) is 0 Å². The molecule has 0 aliphatic rings. The lowest BCUT2D eigenvalue weighted by Gasteiger charge is -2.19. The van der Waals surface area contributed by atoms with Crippen molar-refractivity contribution in [3.8, 4) is 11.5 Å². The van der Waals surface area contributed by atoms with Crippen molar-refractivity contribution in [1.82, 2.24) is 4.90 Å². The number of rotatable bonds is 5. The maximum Gasteiger partial charge on any atom is 0.262 e. The first-order valence-corrected chi connectivity index (χ1v) is 5.50. The van der Waals surface area contributed by atoms with Gasteiger partial charge in [-0.25, -0.2) is 0 Å². The summed E-state index contributed by atoms with van der Waals surface area (Å²) in [6.45, 7) is 1.64. The fourth-order valence-electron chi connectivity index (χ4n) is 1.45. The summed E-state index contributed by atoms with van der Waals surface area (Å²) in [5.41, 5.74) is 0.384. The van der Waals surface area contributed by atoms with Gasteiger partial charge in [-0.1, -0.05) is 0 Å². The summed E-state index contributed by atoms with van der Waals surface area (Å²) in [6, 6.07) is 4.84. The molecule has 1 atom stereocenters. The van der Waals surface area contributed by atoms with E-state index in [1.165, 1.54) is 12.0 Å². The van der Waals surface area contributed by atoms with Crippen LogP contribution in [0.15, 0.2) is 18.2 Å². The second-order valence-electron chi connectivity index (χ2n) is 4.01. The Morgan fingerprint density at radius 3 is 2.56 bits per heavy atom. The highest BCUT2D eigenvalue weighted by molar-refractivity contribution is 5.82. The van der Waals surface area contributed by atoms with Gasteiger partial charge in [-0.05, 0) is 19.1 Å². The zero-order valence-electron chi connectivity index (χ0n) is 11.0. The first-order valence-electron chi connectivity index (χ1n) is 5.50. The van der Waals surface area contributed by atoms with Crippen LogP contribution >= 0.6 is 0 Å². The van der Waals surface area contributed by atoms with Crippen molar-refractivity contribution in [2.75, 3.05) is 21.2 Å². The molecule has 0 aliphatic carbocycles. The van der Waals surface area contributed by atoms with Gasteiger partial charge in [-0.15, -0.1) is 0 Å². The van der Waals surface area contributed by atoms with E-state index >= 15 is 0 Å². The Morgan fingerprint density at radius 1 is 1.39 bits per heavy atom. The lowest BCUT2D eigenvalue weighted by Crippen LogP contribution is -2.35. The highest BCUT2D eigenvalue weighted by Gasteiger charge is 2.18. The normalized spacial score (nSPS) is 11.6. The maximum absolute atomic E-state index is 11.7. The number of likely N-dealkylation sites (N-methyl/N-ethyl adjacent to an activating group) is 1. The molecule has 0 aliphatic heterocycles. The fraction of sp³-hybridized carbons (Fsp3) is 0.385. The summed E-state index contributed by atoms with van der Waals surface area (Å²) in [7, 11) is 4.82. The van der Waals surface area contributed by atoms with E-state index in [-0.39, 0.29) is 5.91 Å². The van der Waals surface area contributed by atoms with Crippen LogP contribution in [-0.2, 0) is 4.79 Å². The molecule has 0 saturated heterocycles. The zero-order chi connectivity index (χ0) is 13.7. The van der Waals surface area contributed by atoms with Gasteiger partial charge in [-0.3, -0.25) is 9.59 Å². The Balaban J connectivity index is 2.94. The first-order chi connectivity index (χ1) is 8.49. The lowest BCUT2D eigenvalue weighted by molar-refractivity contribution is -0.135. The van der Waals surface area contributed by atoms with Crippen LogP contribution in [0.25, 0.3) is 0 Å². The molecular formula is C13H17NO4. The van der Waals surface area contributed by atoms with E-state index in [9.17, 15) is 9.59 Å². The Hall–Kier alpha value is -2.04. The van der Waals surface area contributed by atoms with E-state index in [1.54, 1.807) is 39.2 Å². The summed E-state index contributed by atoms with van der Waals surface area (Å²) in [6.07, 6.45) is 0.0209. The molecule has 18 heavy (non-hydrogen) atoms. The minimum atomic E-state index is -0.661. The Bertz CT molecular complexity index is 443. The van der Waals surface area contributed by atoms with Crippen LogP contribution in [0.2, 0.25) is 0 Å². The molecule has 5 nitrogen and oxygen atoms in total. The molecular weight excluding hydrogens is 234 g/mol. The number of methoxy groups -OCH3 is 1. The summed E-state index contributed by atoms with van der Waals surface area (Å²) in [5.74, 6) is 0.738. The van der Waals surface area contributed by atoms with Gasteiger partial charge < -0.3 is 14.4 Å². The highest BCUT2D eigenvalue weighted by Crippen LogP contribution is 2.24. The van der Waals surface area contributed by atoms with Crippen LogP contribution in [0.3, 0.4) is 0 Å². The number of nitrogens with zero attached hydrogens (tertiary/aromatic N) is 1. The van der Waals surface area contributed by atoms with Crippen LogP contribution in [0.1, 0.15) is 17.3 Å². The highest BCUT2D eigenvalue weighted by atomic mass is 16.5. The Morgan fingerprint density at radius 2 is 2.06 bits per heavy atom. The van der Waals surface area contributed by atoms with E-state index in [4.69, 9.17) is 9.47 Å². The molecule has 0 aromatic heterocycles. The molecule has 0 saturated carbocycles. The molecule has 0 N–H and O–H groups in total. The quantitative estimate of drug-likeness (QED) is 0.741. The molecule has 1 aromatic rings. The smallest absolute Gasteiger partial charge is 0.262 e. The van der Waals surface area contributed by atoms with Gasteiger partial charge in [0.1, 0.15) is 11.5 Å². The minimum Gasteiger partial charge on any atom is -0.497 e. The van der Waals surface area contributed by atoms with Gasteiger partial charge >= 0.3 is 0 Å². The van der Waals surface area contributed by atoms with Crippen LogP contribution in [0.5, 0.6) is 11.5 Å². The van der Waals surface area contributed by atoms with E-state index in [0.29, 0.717) is 23.3 Å². The Labute approximate surface area is 106 Å². The standard InChI is InChI=1S/C13H17NO4/c1-9(13(16)14(2)3)18-12-7-11(17-4)6-5-10(12)8-15/h5-9H,1-4H3. The average Bonchev–Trinajstić information content (AvgIpc) is 2.37. The molecule has 0 radical (unpaired) electrons. The van der Waals surface area contributed by atoms with Crippen molar-refractivity contribution < 1.29 is 19.1 Å². The molecule has 98 valence electrons. The fourth-order valence-corrected chi connectivity index (χ4v) is 1.45. The number of hydrogen-bond donors (Lipinski definition) is 0. The molecule has 1 amide bonds. The van der Waals surface area contributed by atoms with Gasteiger partial charge in [-0.2, -0.15) is 0 Å². The predicted octanol–water partition coefficient (Wildman–Crippen LogP) is 1.36. The number of benzene rings is 1. The summed E-state index contributed by atoms with van der Waals surface area (Å²) in [5, 5.41) is 0. The minimum absolute atomic E-state index is 0.172. The van der Waals surface area contributed by atoms with Gasteiger partial charge in [0.25, 0.3) is 5.91 Å². The zero-order valence-corrected chi connectivity index (χ0v) is 11.0. The number of carbonyl (C=O) groups is 2. The van der Waals surface area contributed by atoms with Gasteiger partial charge in [0.2, 0.25) is 0 Å². The average molecular weight is 251 g/mol. The van der Waals surface area contributed by atoms with Crippen molar-refractivity contribution in [1.29, 1.82) is 0 Å². The van der Waals surface area contributed by atoms with Gasteiger partial charge in [0.15, 0.2) is 12.4 Å². The van der Waals surface area contributed by atoms with E-state index in [1.807, 2.05) is 0 Å². The third-order valence-electron chi connectivity index (χ3n) is 2.44. The molecule has 1 unspecified atom stereocenters. The van der Waals surface area contributed by atoms with Crippen molar-refractivity contribution in [2.45, 2.75) is 13.0 Å². The largest absolute Gasteiger partial charge is 0.497 e. The Kier molecular flexibility index (Phi) is 4.71. The van der Waals surface area contributed by atoms with Crippen molar-refractivity contribution in [3.63, 3.8) is 0 Å². The second-order valence-corrected chi connectivity index (χ2v) is 4.01. The van der Waals surface area contributed by atoms with Crippen LogP contribution < -0.4 is 9.47 Å². The summed E-state index contributed by atoms with van der Waals surface area (Å²) >= 11 is 0. The van der Waals surface area contributed by atoms with Crippen LogP contribution in [-0.4, -0.2) is 44.4 Å².